The Balaban J connectivity index is 1.61. The normalized spacial score (nSPS) is 12.1. The highest BCUT2D eigenvalue weighted by Gasteiger charge is 2.28. The Labute approximate surface area is 197 Å². The van der Waals surface area contributed by atoms with Crippen molar-refractivity contribution in [1.29, 1.82) is 0 Å². The number of nitrogens with zero attached hydrogens (tertiary/aromatic N) is 3. The number of aryl methyl sites for hydroxylation is 3. The van der Waals surface area contributed by atoms with E-state index in [0.29, 0.717) is 23.9 Å². The van der Waals surface area contributed by atoms with Gasteiger partial charge in [0.2, 0.25) is 5.88 Å². The summed E-state index contributed by atoms with van der Waals surface area (Å²) in [5, 5.41) is 10.8. The van der Waals surface area contributed by atoms with Crippen LogP contribution in [0.5, 0.6) is 11.6 Å². The lowest BCUT2D eigenvalue weighted by Crippen LogP contribution is -2.13. The molecular weight excluding hydrogens is 430 g/mol. The van der Waals surface area contributed by atoms with Crippen LogP contribution >= 0.6 is 11.8 Å². The third-order valence-electron chi connectivity index (χ3n) is 5.90. The van der Waals surface area contributed by atoms with Crippen LogP contribution in [0.4, 0.5) is 0 Å². The average molecular weight is 456 g/mol. The van der Waals surface area contributed by atoms with Crippen molar-refractivity contribution in [2.75, 3.05) is 0 Å². The van der Waals surface area contributed by atoms with Gasteiger partial charge in [0.15, 0.2) is 11.6 Å². The Morgan fingerprint density at radius 3 is 2.64 bits per heavy atom. The highest BCUT2D eigenvalue weighted by Crippen LogP contribution is 2.43. The lowest BCUT2D eigenvalue weighted by Gasteiger charge is -2.24. The molecule has 3 heterocycles. The number of fused-ring (bicyclic) bond motifs is 2. The summed E-state index contributed by atoms with van der Waals surface area (Å²) in [6.07, 6.45) is 2.33. The van der Waals surface area contributed by atoms with Gasteiger partial charge in [-0.3, -0.25) is 4.98 Å². The molecule has 0 amide bonds. The molecule has 33 heavy (non-hydrogen) atoms. The number of benzene rings is 2. The van der Waals surface area contributed by atoms with E-state index in [1.807, 2.05) is 25.1 Å². The molecule has 5 nitrogen and oxygen atoms in total. The van der Waals surface area contributed by atoms with Gasteiger partial charge < -0.3 is 9.84 Å². The number of aliphatic hydroxyl groups excluding tert-OH is 1. The minimum Gasteiger partial charge on any atom is -0.436 e. The van der Waals surface area contributed by atoms with Crippen molar-refractivity contribution in [3.63, 3.8) is 0 Å². The molecule has 0 spiro atoms. The summed E-state index contributed by atoms with van der Waals surface area (Å²) in [4.78, 5) is 14.2. The maximum atomic E-state index is 9.87. The third-order valence-corrected chi connectivity index (χ3v) is 6.99. The number of pyridine rings is 1. The number of hydrogen-bond donors (Lipinski definition) is 1. The number of thioether (sulfide) groups is 1. The van der Waals surface area contributed by atoms with Gasteiger partial charge in [-0.15, -0.1) is 11.8 Å². The van der Waals surface area contributed by atoms with Gasteiger partial charge in [0.1, 0.15) is 5.03 Å². The van der Waals surface area contributed by atoms with Crippen molar-refractivity contribution >= 4 is 11.8 Å². The second-order valence-corrected chi connectivity index (χ2v) is 9.31. The first-order valence-corrected chi connectivity index (χ1v) is 11.9. The van der Waals surface area contributed by atoms with Crippen LogP contribution in [-0.4, -0.2) is 20.1 Å². The van der Waals surface area contributed by atoms with Crippen molar-refractivity contribution < 1.29 is 9.84 Å². The lowest BCUT2D eigenvalue weighted by molar-refractivity contribution is 0.278. The summed E-state index contributed by atoms with van der Waals surface area (Å²) >= 11 is 1.69. The zero-order valence-corrected chi connectivity index (χ0v) is 19.7. The van der Waals surface area contributed by atoms with Crippen molar-refractivity contribution in [3.05, 3.63) is 93.8 Å². The third kappa shape index (κ3) is 4.24. The van der Waals surface area contributed by atoms with E-state index in [1.165, 1.54) is 11.1 Å². The topological polar surface area (TPSA) is 68.1 Å². The molecule has 0 radical (unpaired) electrons. The molecule has 0 aliphatic carbocycles. The summed E-state index contributed by atoms with van der Waals surface area (Å²) in [7, 11) is 0. The first kappa shape index (κ1) is 21.6. The summed E-state index contributed by atoms with van der Waals surface area (Å²) in [6, 6.07) is 16.7. The van der Waals surface area contributed by atoms with Crippen molar-refractivity contribution in [2.45, 2.75) is 44.6 Å². The van der Waals surface area contributed by atoms with Crippen LogP contribution in [0.3, 0.4) is 0 Å². The first-order chi connectivity index (χ1) is 16.0. The smallest absolute Gasteiger partial charge is 0.227 e. The molecule has 1 N–H and O–H groups in total. The van der Waals surface area contributed by atoms with E-state index in [0.717, 1.165) is 44.3 Å². The molecule has 0 atom stereocenters. The Kier molecular flexibility index (Phi) is 5.87. The quantitative estimate of drug-likeness (QED) is 0.261. The molecule has 0 saturated heterocycles. The summed E-state index contributed by atoms with van der Waals surface area (Å²) < 4.78 is 6.33. The standard InChI is InChI=1S/C27H25N3O2S/c1-16-7-6-9-19(11-16)15-33-27-23-12-22-20(14-31)13-28-18(3)24(22)32-26(23)29-25(30-27)21-10-5-4-8-17(21)2/h4-11,13,31H,12,14-15H2,1-3H3. The SMILES string of the molecule is Cc1cccc(CSc2nc(-c3ccccc3C)nc3c2Cc2c(CO)cnc(C)c2O3)c1. The average Bonchev–Trinajstić information content (AvgIpc) is 2.82. The maximum absolute atomic E-state index is 9.87. The fraction of sp³-hybridized carbons (Fsp3) is 0.222. The lowest BCUT2D eigenvalue weighted by atomic mass is 9.99. The summed E-state index contributed by atoms with van der Waals surface area (Å²) in [5.41, 5.74) is 8.08. The molecule has 1 aliphatic heterocycles. The van der Waals surface area contributed by atoms with Gasteiger partial charge in [0.25, 0.3) is 0 Å². The predicted molar refractivity (Wildman–Crippen MR) is 131 cm³/mol. The number of aliphatic hydroxyl groups is 1. The Morgan fingerprint density at radius 1 is 1.00 bits per heavy atom. The minimum atomic E-state index is -0.0811. The molecule has 0 fully saturated rings. The van der Waals surface area contributed by atoms with Crippen molar-refractivity contribution in [1.82, 2.24) is 15.0 Å². The highest BCUT2D eigenvalue weighted by molar-refractivity contribution is 7.98. The molecule has 166 valence electrons. The van der Waals surface area contributed by atoms with Gasteiger partial charge in [0, 0.05) is 35.1 Å². The van der Waals surface area contributed by atoms with E-state index >= 15 is 0 Å². The second-order valence-electron chi connectivity index (χ2n) is 8.34. The largest absolute Gasteiger partial charge is 0.436 e. The zero-order chi connectivity index (χ0) is 22.9. The summed E-state index contributed by atoms with van der Waals surface area (Å²) in [5.74, 6) is 2.72. The Hall–Kier alpha value is -3.22. The van der Waals surface area contributed by atoms with E-state index < -0.39 is 0 Å². The molecule has 0 unspecified atom stereocenters. The molecule has 2 aromatic carbocycles. The maximum Gasteiger partial charge on any atom is 0.227 e. The number of ether oxygens (including phenoxy) is 1. The number of hydrogen-bond acceptors (Lipinski definition) is 6. The van der Waals surface area contributed by atoms with E-state index in [4.69, 9.17) is 14.7 Å². The van der Waals surface area contributed by atoms with E-state index in [2.05, 4.69) is 49.2 Å². The Bertz CT molecular complexity index is 1350. The number of rotatable bonds is 5. The molecule has 1 aliphatic rings. The minimum absolute atomic E-state index is 0.0811. The van der Waals surface area contributed by atoms with E-state index in [1.54, 1.807) is 18.0 Å². The molecule has 5 rings (SSSR count). The highest BCUT2D eigenvalue weighted by atomic mass is 32.2. The molecule has 0 bridgehead atoms. The van der Waals surface area contributed by atoms with Crippen molar-refractivity contribution in [2.24, 2.45) is 0 Å². The van der Waals surface area contributed by atoms with Gasteiger partial charge in [-0.1, -0.05) is 54.1 Å². The molecular formula is C27H25N3O2S. The van der Waals surface area contributed by atoms with E-state index in [9.17, 15) is 5.11 Å². The van der Waals surface area contributed by atoms with Crippen LogP contribution in [0.2, 0.25) is 0 Å². The van der Waals surface area contributed by atoms with E-state index in [-0.39, 0.29) is 6.61 Å². The molecule has 6 heteroatoms. The van der Waals surface area contributed by atoms with Gasteiger partial charge in [0.05, 0.1) is 17.9 Å². The van der Waals surface area contributed by atoms with Crippen LogP contribution in [0.15, 0.2) is 59.8 Å². The first-order valence-electron chi connectivity index (χ1n) is 10.9. The van der Waals surface area contributed by atoms with Crippen LogP contribution in [0, 0.1) is 20.8 Å². The monoisotopic (exact) mass is 455 g/mol. The molecule has 4 aromatic rings. The van der Waals surface area contributed by atoms with Crippen molar-refractivity contribution in [3.8, 4) is 23.0 Å². The van der Waals surface area contributed by atoms with Crippen LogP contribution in [0.1, 0.15) is 39.1 Å². The predicted octanol–water partition coefficient (Wildman–Crippen LogP) is 5.94. The fourth-order valence-electron chi connectivity index (χ4n) is 4.11. The van der Waals surface area contributed by atoms with Gasteiger partial charge in [-0.2, -0.15) is 4.98 Å². The van der Waals surface area contributed by atoms with Crippen LogP contribution in [-0.2, 0) is 18.8 Å². The van der Waals surface area contributed by atoms with Gasteiger partial charge >= 0.3 is 0 Å². The van der Waals surface area contributed by atoms with Gasteiger partial charge in [-0.05, 0) is 31.9 Å². The summed E-state index contributed by atoms with van der Waals surface area (Å²) in [6.45, 7) is 6.01. The Morgan fingerprint density at radius 2 is 1.85 bits per heavy atom. The molecule has 0 saturated carbocycles. The van der Waals surface area contributed by atoms with Crippen LogP contribution in [0.25, 0.3) is 11.4 Å². The van der Waals surface area contributed by atoms with Crippen LogP contribution < -0.4 is 4.74 Å². The second kappa shape index (κ2) is 8.96. The number of aromatic nitrogens is 3. The fourth-order valence-corrected chi connectivity index (χ4v) is 5.08. The zero-order valence-electron chi connectivity index (χ0n) is 18.9. The van der Waals surface area contributed by atoms with Gasteiger partial charge in [-0.25, -0.2) is 4.98 Å². The molecule has 2 aromatic heterocycles.